The van der Waals surface area contributed by atoms with E-state index >= 15 is 0 Å². The number of aliphatic hydroxyl groups excluding tert-OH is 2. The third kappa shape index (κ3) is 4.10. The van der Waals surface area contributed by atoms with Gasteiger partial charge in [-0.3, -0.25) is 0 Å². The summed E-state index contributed by atoms with van der Waals surface area (Å²) in [5.74, 6) is 0.560. The van der Waals surface area contributed by atoms with Crippen molar-refractivity contribution in [2.24, 2.45) is 0 Å². The standard InChI is InChI=1S/C17H20O2S/c18-16(10-11-20)17(19)15-8-6-14(7-9-15)12-13-4-2-1-3-5-13/h1-9,16-20H,10-12H2. The van der Waals surface area contributed by atoms with E-state index in [2.05, 4.69) is 24.8 Å². The first-order valence-electron chi connectivity index (χ1n) is 6.80. The van der Waals surface area contributed by atoms with Gasteiger partial charge in [-0.1, -0.05) is 54.6 Å². The quantitative estimate of drug-likeness (QED) is 0.715. The molecule has 0 aliphatic heterocycles. The molecule has 0 saturated carbocycles. The van der Waals surface area contributed by atoms with Crippen LogP contribution in [0, 0.1) is 0 Å². The van der Waals surface area contributed by atoms with E-state index in [4.69, 9.17) is 0 Å². The Morgan fingerprint density at radius 2 is 1.45 bits per heavy atom. The monoisotopic (exact) mass is 288 g/mol. The number of rotatable bonds is 6. The summed E-state index contributed by atoms with van der Waals surface area (Å²) in [6, 6.07) is 18.0. The van der Waals surface area contributed by atoms with Crippen molar-refractivity contribution in [2.75, 3.05) is 5.75 Å². The van der Waals surface area contributed by atoms with E-state index in [0.29, 0.717) is 12.2 Å². The lowest BCUT2D eigenvalue weighted by atomic mass is 9.99. The summed E-state index contributed by atoms with van der Waals surface area (Å²) in [6.45, 7) is 0. The number of aliphatic hydroxyl groups is 2. The van der Waals surface area contributed by atoms with Crippen LogP contribution in [0.2, 0.25) is 0 Å². The second-order valence-corrected chi connectivity index (χ2v) is 5.38. The van der Waals surface area contributed by atoms with Crippen molar-refractivity contribution < 1.29 is 10.2 Å². The van der Waals surface area contributed by atoms with Gasteiger partial charge in [0.1, 0.15) is 6.10 Å². The Morgan fingerprint density at radius 3 is 2.05 bits per heavy atom. The Bertz CT molecular complexity index is 510. The summed E-state index contributed by atoms with van der Waals surface area (Å²) in [5.41, 5.74) is 3.20. The van der Waals surface area contributed by atoms with Gasteiger partial charge in [0.25, 0.3) is 0 Å². The molecule has 2 nitrogen and oxygen atoms in total. The predicted octanol–water partition coefficient (Wildman–Crippen LogP) is 2.99. The molecule has 2 atom stereocenters. The van der Waals surface area contributed by atoms with Crippen LogP contribution in [-0.2, 0) is 6.42 Å². The maximum absolute atomic E-state index is 10.0. The van der Waals surface area contributed by atoms with Crippen LogP contribution in [-0.4, -0.2) is 22.1 Å². The normalized spacial score (nSPS) is 13.9. The van der Waals surface area contributed by atoms with Crippen molar-refractivity contribution in [3.63, 3.8) is 0 Å². The summed E-state index contributed by atoms with van der Waals surface area (Å²) in [7, 11) is 0. The highest BCUT2D eigenvalue weighted by Gasteiger charge is 2.17. The molecule has 0 fully saturated rings. The van der Waals surface area contributed by atoms with Gasteiger partial charge in [0, 0.05) is 0 Å². The molecular weight excluding hydrogens is 268 g/mol. The van der Waals surface area contributed by atoms with Gasteiger partial charge in [-0.15, -0.1) is 0 Å². The molecule has 2 aromatic carbocycles. The molecule has 0 aromatic heterocycles. The first kappa shape index (κ1) is 15.1. The summed E-state index contributed by atoms with van der Waals surface area (Å²) >= 11 is 4.07. The minimum Gasteiger partial charge on any atom is -0.390 e. The zero-order valence-corrected chi connectivity index (χ0v) is 12.2. The van der Waals surface area contributed by atoms with Gasteiger partial charge in [0.2, 0.25) is 0 Å². The molecule has 2 unspecified atom stereocenters. The van der Waals surface area contributed by atoms with Gasteiger partial charge >= 0.3 is 0 Å². The summed E-state index contributed by atoms with van der Waals surface area (Å²) < 4.78 is 0. The van der Waals surface area contributed by atoms with E-state index in [1.807, 2.05) is 42.5 Å². The minimum absolute atomic E-state index is 0.482. The molecule has 0 saturated heterocycles. The molecule has 0 heterocycles. The maximum atomic E-state index is 10.0. The van der Waals surface area contributed by atoms with Gasteiger partial charge in [0.05, 0.1) is 6.10 Å². The fraction of sp³-hybridized carbons (Fsp3) is 0.294. The zero-order chi connectivity index (χ0) is 14.4. The summed E-state index contributed by atoms with van der Waals surface area (Å²) in [6.07, 6.45) is -0.243. The van der Waals surface area contributed by atoms with E-state index in [1.165, 1.54) is 11.1 Å². The van der Waals surface area contributed by atoms with Crippen molar-refractivity contribution >= 4 is 12.6 Å². The number of hydrogen-bond donors (Lipinski definition) is 3. The second kappa shape index (κ2) is 7.48. The van der Waals surface area contributed by atoms with Gasteiger partial charge < -0.3 is 10.2 Å². The van der Waals surface area contributed by atoms with E-state index in [0.717, 1.165) is 12.0 Å². The molecule has 2 N–H and O–H groups in total. The third-order valence-corrected chi connectivity index (χ3v) is 3.62. The van der Waals surface area contributed by atoms with Crippen molar-refractivity contribution in [1.29, 1.82) is 0 Å². The van der Waals surface area contributed by atoms with Gasteiger partial charge in [-0.05, 0) is 35.3 Å². The molecule has 0 spiro atoms. The molecule has 0 aliphatic rings. The third-order valence-electron chi connectivity index (χ3n) is 3.36. The highest BCUT2D eigenvalue weighted by atomic mass is 32.1. The molecule has 20 heavy (non-hydrogen) atoms. The lowest BCUT2D eigenvalue weighted by molar-refractivity contribution is 0.0172. The Kier molecular flexibility index (Phi) is 5.65. The molecule has 0 amide bonds. The lowest BCUT2D eigenvalue weighted by Gasteiger charge is -2.17. The van der Waals surface area contributed by atoms with Gasteiger partial charge in [-0.25, -0.2) is 0 Å². The topological polar surface area (TPSA) is 40.5 Å². The Balaban J connectivity index is 2.03. The molecule has 0 radical (unpaired) electrons. The van der Waals surface area contributed by atoms with Crippen LogP contribution in [0.3, 0.4) is 0 Å². The average molecular weight is 288 g/mol. The number of hydrogen-bond acceptors (Lipinski definition) is 3. The first-order chi connectivity index (χ1) is 9.70. The maximum Gasteiger partial charge on any atom is 0.105 e. The van der Waals surface area contributed by atoms with Crippen LogP contribution in [0.4, 0.5) is 0 Å². The van der Waals surface area contributed by atoms with E-state index < -0.39 is 12.2 Å². The number of thiol groups is 1. The number of benzene rings is 2. The van der Waals surface area contributed by atoms with Gasteiger partial charge in [0.15, 0.2) is 0 Å². The van der Waals surface area contributed by atoms with Gasteiger partial charge in [-0.2, -0.15) is 12.6 Å². The van der Waals surface area contributed by atoms with E-state index in [1.54, 1.807) is 0 Å². The fourth-order valence-corrected chi connectivity index (χ4v) is 2.44. The zero-order valence-electron chi connectivity index (χ0n) is 11.3. The predicted molar refractivity (Wildman–Crippen MR) is 85.1 cm³/mol. The molecule has 0 bridgehead atoms. The fourth-order valence-electron chi connectivity index (χ4n) is 2.18. The van der Waals surface area contributed by atoms with Crippen LogP contribution in [0.25, 0.3) is 0 Å². The molecule has 3 heteroatoms. The van der Waals surface area contributed by atoms with Crippen LogP contribution in [0.15, 0.2) is 54.6 Å². The van der Waals surface area contributed by atoms with Crippen LogP contribution in [0.1, 0.15) is 29.2 Å². The van der Waals surface area contributed by atoms with E-state index in [9.17, 15) is 10.2 Å². The summed E-state index contributed by atoms with van der Waals surface area (Å²) in [4.78, 5) is 0. The molecule has 2 aromatic rings. The van der Waals surface area contributed by atoms with Crippen molar-refractivity contribution in [2.45, 2.75) is 25.0 Å². The average Bonchev–Trinajstić information content (AvgIpc) is 2.48. The highest BCUT2D eigenvalue weighted by molar-refractivity contribution is 7.80. The minimum atomic E-state index is -0.840. The smallest absolute Gasteiger partial charge is 0.105 e. The Hall–Kier alpha value is -1.29. The second-order valence-electron chi connectivity index (χ2n) is 4.93. The van der Waals surface area contributed by atoms with E-state index in [-0.39, 0.29) is 0 Å². The lowest BCUT2D eigenvalue weighted by Crippen LogP contribution is -2.18. The SMILES string of the molecule is OC(CCS)C(O)c1ccc(Cc2ccccc2)cc1. The largest absolute Gasteiger partial charge is 0.390 e. The highest BCUT2D eigenvalue weighted by Crippen LogP contribution is 2.20. The van der Waals surface area contributed by atoms with Crippen molar-refractivity contribution in [3.05, 3.63) is 71.3 Å². The van der Waals surface area contributed by atoms with Crippen molar-refractivity contribution in [3.8, 4) is 0 Å². The van der Waals surface area contributed by atoms with Crippen LogP contribution in [0.5, 0.6) is 0 Å². The molecule has 106 valence electrons. The molecular formula is C17H20O2S. The van der Waals surface area contributed by atoms with Crippen LogP contribution < -0.4 is 0 Å². The molecule has 0 aliphatic carbocycles. The summed E-state index contributed by atoms with van der Waals surface area (Å²) in [5, 5.41) is 19.8. The Morgan fingerprint density at radius 1 is 0.850 bits per heavy atom. The van der Waals surface area contributed by atoms with Crippen molar-refractivity contribution in [1.82, 2.24) is 0 Å². The van der Waals surface area contributed by atoms with Crippen LogP contribution >= 0.6 is 12.6 Å². The Labute approximate surface area is 125 Å². The molecule has 2 rings (SSSR count). The first-order valence-corrected chi connectivity index (χ1v) is 7.43.